The molecule has 1 heterocycles. The van der Waals surface area contributed by atoms with Gasteiger partial charge in [0.2, 0.25) is 0 Å². The van der Waals surface area contributed by atoms with Gasteiger partial charge in [0.25, 0.3) is 10.0 Å². The van der Waals surface area contributed by atoms with Crippen molar-refractivity contribution in [1.29, 1.82) is 0 Å². The second-order valence-corrected chi connectivity index (χ2v) is 10.0. The molecule has 0 spiro atoms. The fourth-order valence-corrected chi connectivity index (χ4v) is 7.17. The van der Waals surface area contributed by atoms with Gasteiger partial charge in [-0.05, 0) is 78.5 Å². The number of hydrogen-bond acceptors (Lipinski definition) is 4. The van der Waals surface area contributed by atoms with Crippen molar-refractivity contribution in [3.8, 4) is 0 Å². The van der Waals surface area contributed by atoms with E-state index in [1.165, 1.54) is 17.4 Å². The lowest BCUT2D eigenvalue weighted by atomic mass is 10.2. The molecule has 114 valence electrons. The van der Waals surface area contributed by atoms with Crippen LogP contribution >= 0.6 is 59.1 Å². The van der Waals surface area contributed by atoms with Gasteiger partial charge >= 0.3 is 0 Å². The van der Waals surface area contributed by atoms with Gasteiger partial charge in [0.05, 0.1) is 16.1 Å². The molecule has 0 fully saturated rings. The van der Waals surface area contributed by atoms with Crippen LogP contribution in [-0.2, 0) is 16.6 Å². The molecule has 2 rings (SSSR count). The average molecular weight is 520 g/mol. The lowest BCUT2D eigenvalue weighted by Crippen LogP contribution is -2.13. The van der Waals surface area contributed by atoms with Crippen LogP contribution in [0.15, 0.2) is 35.8 Å². The third kappa shape index (κ3) is 3.89. The number of aliphatic hydroxyl groups excluding tert-OH is 1. The highest BCUT2D eigenvalue weighted by atomic mass is 79.9. The molecule has 1 aromatic carbocycles. The van der Waals surface area contributed by atoms with Gasteiger partial charge in [0.1, 0.15) is 4.90 Å². The van der Waals surface area contributed by atoms with E-state index >= 15 is 0 Å². The molecule has 0 amide bonds. The molecule has 4 nitrogen and oxygen atoms in total. The van der Waals surface area contributed by atoms with Crippen molar-refractivity contribution in [3.05, 3.63) is 41.4 Å². The van der Waals surface area contributed by atoms with Crippen LogP contribution < -0.4 is 4.72 Å². The highest BCUT2D eigenvalue weighted by Crippen LogP contribution is 2.37. The topological polar surface area (TPSA) is 66.4 Å². The quantitative estimate of drug-likeness (QED) is 0.618. The Bertz CT molecular complexity index is 764. The molecule has 9 heteroatoms. The van der Waals surface area contributed by atoms with E-state index in [0.717, 1.165) is 5.56 Å². The largest absolute Gasteiger partial charge is 0.391 e. The summed E-state index contributed by atoms with van der Waals surface area (Å²) in [5.41, 5.74) is 1.43. The van der Waals surface area contributed by atoms with Gasteiger partial charge in [-0.25, -0.2) is 8.42 Å². The first-order valence-electron chi connectivity index (χ1n) is 5.62. The van der Waals surface area contributed by atoms with E-state index in [2.05, 4.69) is 52.5 Å². The SMILES string of the molecule is Cc1cc(Br)c(NS(=O)(=O)c2cc(CO)sc2Br)c(Br)c1. The third-order valence-corrected chi connectivity index (χ3v) is 7.41. The minimum atomic E-state index is -3.75. The minimum absolute atomic E-state index is 0.107. The Morgan fingerprint density at radius 1 is 1.19 bits per heavy atom. The van der Waals surface area contributed by atoms with Gasteiger partial charge in [0, 0.05) is 13.8 Å². The number of rotatable bonds is 4. The summed E-state index contributed by atoms with van der Waals surface area (Å²) in [7, 11) is -3.75. The summed E-state index contributed by atoms with van der Waals surface area (Å²) < 4.78 is 29.3. The molecule has 0 atom stereocenters. The van der Waals surface area contributed by atoms with Crippen LogP contribution in [0.2, 0.25) is 0 Å². The van der Waals surface area contributed by atoms with Gasteiger partial charge in [0.15, 0.2) is 0 Å². The Balaban J connectivity index is 2.44. The van der Waals surface area contributed by atoms with E-state index in [1.54, 1.807) is 0 Å². The van der Waals surface area contributed by atoms with Gasteiger partial charge in [-0.2, -0.15) is 0 Å². The molecule has 0 saturated carbocycles. The Morgan fingerprint density at radius 3 is 2.24 bits per heavy atom. The van der Waals surface area contributed by atoms with E-state index in [1.807, 2.05) is 19.1 Å². The van der Waals surface area contributed by atoms with Crippen LogP contribution in [0, 0.1) is 6.92 Å². The Morgan fingerprint density at radius 2 is 1.76 bits per heavy atom. The standard InChI is InChI=1S/C12H10Br3NO3S2/c1-6-2-8(13)11(9(14)3-6)16-21(18,19)10-4-7(5-17)20-12(10)15/h2-4,16-17H,5H2,1H3. The third-order valence-electron chi connectivity index (χ3n) is 2.57. The molecular weight excluding hydrogens is 510 g/mol. The highest BCUT2D eigenvalue weighted by Gasteiger charge is 2.23. The van der Waals surface area contributed by atoms with Gasteiger partial charge in [-0.3, -0.25) is 4.72 Å². The molecule has 0 aliphatic heterocycles. The molecule has 0 saturated heterocycles. The summed E-state index contributed by atoms with van der Waals surface area (Å²) in [6, 6.07) is 5.10. The second-order valence-electron chi connectivity index (χ2n) is 4.22. The molecule has 2 N–H and O–H groups in total. The number of aliphatic hydroxyl groups is 1. The van der Waals surface area contributed by atoms with Crippen molar-refractivity contribution < 1.29 is 13.5 Å². The number of nitrogens with one attached hydrogen (secondary N) is 1. The minimum Gasteiger partial charge on any atom is -0.391 e. The maximum Gasteiger partial charge on any atom is 0.263 e. The maximum absolute atomic E-state index is 12.5. The van der Waals surface area contributed by atoms with Crippen molar-refractivity contribution in [2.45, 2.75) is 18.4 Å². The lowest BCUT2D eigenvalue weighted by Gasteiger charge is -2.12. The van der Waals surface area contributed by atoms with Crippen LogP contribution in [-0.4, -0.2) is 13.5 Å². The Hall–Kier alpha value is 0.0700. The molecule has 0 aliphatic carbocycles. The molecule has 21 heavy (non-hydrogen) atoms. The number of sulfonamides is 1. The first-order chi connectivity index (χ1) is 9.74. The first kappa shape index (κ1) is 17.4. The molecule has 0 radical (unpaired) electrons. The lowest BCUT2D eigenvalue weighted by molar-refractivity contribution is 0.285. The van der Waals surface area contributed by atoms with Gasteiger partial charge in [-0.15, -0.1) is 11.3 Å². The van der Waals surface area contributed by atoms with E-state index < -0.39 is 10.0 Å². The number of hydrogen-bond donors (Lipinski definition) is 2. The summed E-state index contributed by atoms with van der Waals surface area (Å²) in [5.74, 6) is 0. The van der Waals surface area contributed by atoms with Crippen LogP contribution in [0.25, 0.3) is 0 Å². The van der Waals surface area contributed by atoms with Crippen LogP contribution in [0.4, 0.5) is 5.69 Å². The fraction of sp³-hybridized carbons (Fsp3) is 0.167. The molecule has 0 aliphatic rings. The summed E-state index contributed by atoms with van der Waals surface area (Å²) >= 11 is 11.1. The van der Waals surface area contributed by atoms with Crippen LogP contribution in [0.3, 0.4) is 0 Å². The predicted molar refractivity (Wildman–Crippen MR) is 95.3 cm³/mol. The molecule has 0 unspecified atom stereocenters. The molecule has 2 aromatic rings. The number of aryl methyl sites for hydroxylation is 1. The van der Waals surface area contributed by atoms with Crippen molar-refractivity contribution >= 4 is 74.8 Å². The first-order valence-corrected chi connectivity index (χ1v) is 10.3. The summed E-state index contributed by atoms with van der Waals surface area (Å²) in [6.07, 6.45) is 0. The van der Waals surface area contributed by atoms with E-state index in [-0.39, 0.29) is 11.5 Å². The molecular formula is C12H10Br3NO3S2. The smallest absolute Gasteiger partial charge is 0.263 e. The average Bonchev–Trinajstić information content (AvgIpc) is 2.76. The molecule has 1 aromatic heterocycles. The van der Waals surface area contributed by atoms with Crippen molar-refractivity contribution in [1.82, 2.24) is 0 Å². The number of anilines is 1. The van der Waals surface area contributed by atoms with Crippen molar-refractivity contribution in [2.24, 2.45) is 0 Å². The van der Waals surface area contributed by atoms with Gasteiger partial charge < -0.3 is 5.11 Å². The number of thiophene rings is 1. The number of halogens is 3. The zero-order chi connectivity index (χ0) is 15.8. The zero-order valence-corrected chi connectivity index (χ0v) is 17.0. The maximum atomic E-state index is 12.5. The second kappa shape index (κ2) is 6.67. The van der Waals surface area contributed by atoms with Crippen LogP contribution in [0.5, 0.6) is 0 Å². The van der Waals surface area contributed by atoms with E-state index in [4.69, 9.17) is 5.11 Å². The highest BCUT2D eigenvalue weighted by molar-refractivity contribution is 9.11. The van der Waals surface area contributed by atoms with E-state index in [0.29, 0.717) is 23.3 Å². The van der Waals surface area contributed by atoms with E-state index in [9.17, 15) is 8.42 Å². The Kier molecular flexibility index (Phi) is 5.54. The van der Waals surface area contributed by atoms with Crippen molar-refractivity contribution in [2.75, 3.05) is 4.72 Å². The van der Waals surface area contributed by atoms with Gasteiger partial charge in [-0.1, -0.05) is 0 Å². The summed E-state index contributed by atoms with van der Waals surface area (Å²) in [6.45, 7) is 1.72. The fourth-order valence-electron chi connectivity index (χ4n) is 1.65. The molecule has 0 bridgehead atoms. The van der Waals surface area contributed by atoms with Crippen molar-refractivity contribution in [3.63, 3.8) is 0 Å². The zero-order valence-electron chi connectivity index (χ0n) is 10.7. The van der Waals surface area contributed by atoms with Crippen LogP contribution in [0.1, 0.15) is 10.4 Å². The Labute approximate surface area is 152 Å². The summed E-state index contributed by atoms with van der Waals surface area (Å²) in [5, 5.41) is 9.11. The monoisotopic (exact) mass is 517 g/mol. The number of benzene rings is 1. The summed E-state index contributed by atoms with van der Waals surface area (Å²) in [4.78, 5) is 0.681. The predicted octanol–water partition coefficient (Wildman–Crippen LogP) is 4.64. The normalized spacial score (nSPS) is 11.7.